The minimum absolute atomic E-state index is 0.0752. The SMILES string of the molecule is Cn1cc(C(=O)N2CCN(c3ccc(F)cc3)CC2)c(S(=O)(=O)N2CCN(c3ccccc3Cl)CC2)n1. The standard InChI is InChI=1S/C25H28ClFN6O3S/c1-29-18-21(25(34)32-12-10-30(11-13-32)20-8-6-19(27)7-9-20)24(28-29)37(35,36)33-16-14-31(15-17-33)23-5-3-2-4-22(23)26/h2-9,18H,10-17H2,1H3. The third kappa shape index (κ3) is 5.16. The second kappa shape index (κ2) is 10.3. The van der Waals surface area contributed by atoms with Crippen LogP contribution in [0, 0.1) is 5.82 Å². The van der Waals surface area contributed by atoms with Gasteiger partial charge in [0.25, 0.3) is 15.9 Å². The van der Waals surface area contributed by atoms with Crippen molar-refractivity contribution in [3.8, 4) is 0 Å². The van der Waals surface area contributed by atoms with E-state index in [2.05, 4.69) is 14.9 Å². The van der Waals surface area contributed by atoms with Crippen LogP contribution in [0.1, 0.15) is 10.4 Å². The van der Waals surface area contributed by atoms with Crippen LogP contribution in [0.2, 0.25) is 5.02 Å². The lowest BCUT2D eigenvalue weighted by Crippen LogP contribution is -2.50. The number of nitrogens with zero attached hydrogens (tertiary/aromatic N) is 6. The quantitative estimate of drug-likeness (QED) is 0.489. The maximum Gasteiger partial charge on any atom is 0.263 e. The summed E-state index contributed by atoms with van der Waals surface area (Å²) in [5.74, 6) is -0.659. The first-order chi connectivity index (χ1) is 17.7. The molecule has 0 N–H and O–H groups in total. The average molecular weight is 547 g/mol. The second-order valence-corrected chi connectivity index (χ2v) is 11.4. The van der Waals surface area contributed by atoms with Crippen molar-refractivity contribution in [3.63, 3.8) is 0 Å². The Labute approximate surface area is 220 Å². The Balaban J connectivity index is 1.28. The largest absolute Gasteiger partial charge is 0.368 e. The van der Waals surface area contributed by atoms with E-state index in [0.717, 1.165) is 11.4 Å². The maximum absolute atomic E-state index is 13.6. The van der Waals surface area contributed by atoms with E-state index in [9.17, 15) is 17.6 Å². The number of para-hydroxylation sites is 1. The topological polar surface area (TPSA) is 82.0 Å². The number of carbonyl (C=O) groups excluding carboxylic acids is 1. The van der Waals surface area contributed by atoms with Gasteiger partial charge in [0.1, 0.15) is 5.82 Å². The van der Waals surface area contributed by atoms with Gasteiger partial charge in [-0.05, 0) is 36.4 Å². The Morgan fingerprint density at radius 3 is 2.16 bits per heavy atom. The highest BCUT2D eigenvalue weighted by Crippen LogP contribution is 2.28. The fourth-order valence-electron chi connectivity index (χ4n) is 4.80. The molecule has 2 fully saturated rings. The molecule has 2 saturated heterocycles. The Morgan fingerprint density at radius 1 is 0.892 bits per heavy atom. The molecule has 5 rings (SSSR count). The van der Waals surface area contributed by atoms with E-state index in [-0.39, 0.29) is 35.4 Å². The number of rotatable bonds is 5. The lowest BCUT2D eigenvalue weighted by molar-refractivity contribution is 0.0742. The van der Waals surface area contributed by atoms with E-state index < -0.39 is 10.0 Å². The predicted octanol–water partition coefficient (Wildman–Crippen LogP) is 2.69. The van der Waals surface area contributed by atoms with E-state index >= 15 is 0 Å². The van der Waals surface area contributed by atoms with Gasteiger partial charge in [-0.25, -0.2) is 12.8 Å². The van der Waals surface area contributed by atoms with Crippen LogP contribution in [-0.2, 0) is 17.1 Å². The Kier molecular flexibility index (Phi) is 7.11. The fraction of sp³-hybridized carbons (Fsp3) is 0.360. The van der Waals surface area contributed by atoms with Crippen LogP contribution in [0.3, 0.4) is 0 Å². The third-order valence-corrected chi connectivity index (χ3v) is 8.95. The number of anilines is 2. The molecule has 0 radical (unpaired) electrons. The molecule has 37 heavy (non-hydrogen) atoms. The Bertz CT molecular complexity index is 1380. The number of aromatic nitrogens is 2. The lowest BCUT2D eigenvalue weighted by Gasteiger charge is -2.36. The minimum atomic E-state index is -3.98. The molecule has 0 bridgehead atoms. The molecule has 3 heterocycles. The first-order valence-electron chi connectivity index (χ1n) is 12.1. The van der Waals surface area contributed by atoms with Gasteiger partial charge in [-0.3, -0.25) is 9.48 Å². The van der Waals surface area contributed by atoms with Crippen LogP contribution in [0.15, 0.2) is 59.8 Å². The summed E-state index contributed by atoms with van der Waals surface area (Å²) in [5, 5.41) is 4.60. The Morgan fingerprint density at radius 2 is 1.51 bits per heavy atom. The number of hydrogen-bond acceptors (Lipinski definition) is 6. The zero-order valence-electron chi connectivity index (χ0n) is 20.4. The summed E-state index contributed by atoms with van der Waals surface area (Å²) in [6, 6.07) is 13.7. The van der Waals surface area contributed by atoms with E-state index in [1.54, 1.807) is 24.1 Å². The highest BCUT2D eigenvalue weighted by atomic mass is 35.5. The highest BCUT2D eigenvalue weighted by Gasteiger charge is 2.36. The maximum atomic E-state index is 13.6. The normalized spacial score (nSPS) is 17.3. The van der Waals surface area contributed by atoms with Gasteiger partial charge < -0.3 is 14.7 Å². The average Bonchev–Trinajstić information content (AvgIpc) is 3.32. The zero-order chi connectivity index (χ0) is 26.2. The van der Waals surface area contributed by atoms with E-state index in [1.165, 1.54) is 27.3 Å². The van der Waals surface area contributed by atoms with E-state index in [1.807, 2.05) is 24.3 Å². The van der Waals surface area contributed by atoms with Gasteiger partial charge in [-0.1, -0.05) is 23.7 Å². The minimum Gasteiger partial charge on any atom is -0.368 e. The van der Waals surface area contributed by atoms with Crippen molar-refractivity contribution in [2.75, 3.05) is 62.2 Å². The van der Waals surface area contributed by atoms with E-state index in [4.69, 9.17) is 11.6 Å². The van der Waals surface area contributed by atoms with Crippen LogP contribution in [0.25, 0.3) is 0 Å². The summed E-state index contributed by atoms with van der Waals surface area (Å²) in [4.78, 5) is 19.2. The number of aryl methyl sites for hydroxylation is 1. The Hall–Kier alpha value is -3.15. The summed E-state index contributed by atoms with van der Waals surface area (Å²) >= 11 is 6.32. The van der Waals surface area contributed by atoms with Crippen molar-refractivity contribution in [1.82, 2.24) is 19.0 Å². The van der Waals surface area contributed by atoms with Crippen molar-refractivity contribution < 1.29 is 17.6 Å². The molecular weight excluding hydrogens is 519 g/mol. The van der Waals surface area contributed by atoms with Gasteiger partial charge >= 0.3 is 0 Å². The molecular formula is C25H28ClFN6O3S. The number of halogens is 2. The van der Waals surface area contributed by atoms with Crippen LogP contribution < -0.4 is 9.80 Å². The molecule has 1 aromatic heterocycles. The van der Waals surface area contributed by atoms with Crippen molar-refractivity contribution in [3.05, 3.63) is 71.1 Å². The summed E-state index contributed by atoms with van der Waals surface area (Å²) < 4.78 is 43.2. The zero-order valence-corrected chi connectivity index (χ0v) is 22.0. The number of benzene rings is 2. The van der Waals surface area contributed by atoms with Crippen molar-refractivity contribution in [2.24, 2.45) is 7.05 Å². The summed E-state index contributed by atoms with van der Waals surface area (Å²) in [7, 11) is -2.37. The molecule has 2 aromatic carbocycles. The summed E-state index contributed by atoms with van der Waals surface area (Å²) in [6.45, 7) is 3.42. The first kappa shape index (κ1) is 25.5. The lowest BCUT2D eigenvalue weighted by atomic mass is 10.2. The van der Waals surface area contributed by atoms with Crippen LogP contribution in [-0.4, -0.2) is 85.7 Å². The molecule has 12 heteroatoms. The number of carbonyl (C=O) groups is 1. The monoisotopic (exact) mass is 546 g/mol. The molecule has 2 aliphatic rings. The number of hydrogen-bond donors (Lipinski definition) is 0. The number of sulfonamides is 1. The fourth-order valence-corrected chi connectivity index (χ4v) is 6.59. The van der Waals surface area contributed by atoms with Crippen molar-refractivity contribution >= 4 is 38.9 Å². The summed E-state index contributed by atoms with van der Waals surface area (Å²) in [6.07, 6.45) is 1.47. The second-order valence-electron chi connectivity index (χ2n) is 9.12. The van der Waals surface area contributed by atoms with Gasteiger partial charge in [0.2, 0.25) is 5.03 Å². The molecule has 1 amide bonds. The third-order valence-electron chi connectivity index (χ3n) is 6.80. The van der Waals surface area contributed by atoms with Crippen LogP contribution >= 0.6 is 11.6 Å². The van der Waals surface area contributed by atoms with Crippen LogP contribution in [0.5, 0.6) is 0 Å². The number of piperazine rings is 2. The molecule has 9 nitrogen and oxygen atoms in total. The first-order valence-corrected chi connectivity index (χ1v) is 13.9. The summed E-state index contributed by atoms with van der Waals surface area (Å²) in [5.41, 5.74) is 1.83. The van der Waals surface area contributed by atoms with Gasteiger partial charge in [0.05, 0.1) is 16.3 Å². The molecule has 196 valence electrons. The van der Waals surface area contributed by atoms with Crippen LogP contribution in [0.4, 0.5) is 15.8 Å². The van der Waals surface area contributed by atoms with Gasteiger partial charge in [0.15, 0.2) is 0 Å². The molecule has 3 aromatic rings. The molecule has 0 saturated carbocycles. The molecule has 0 atom stereocenters. The van der Waals surface area contributed by atoms with Gasteiger partial charge in [-0.2, -0.15) is 9.40 Å². The van der Waals surface area contributed by atoms with Gasteiger partial charge in [-0.15, -0.1) is 0 Å². The predicted molar refractivity (Wildman–Crippen MR) is 140 cm³/mol. The molecule has 0 spiro atoms. The van der Waals surface area contributed by atoms with Crippen molar-refractivity contribution in [1.29, 1.82) is 0 Å². The van der Waals surface area contributed by atoms with Gasteiger partial charge in [0, 0.05) is 71.3 Å². The van der Waals surface area contributed by atoms with Crippen molar-refractivity contribution in [2.45, 2.75) is 5.03 Å². The number of amides is 1. The molecule has 0 unspecified atom stereocenters. The highest BCUT2D eigenvalue weighted by molar-refractivity contribution is 7.89. The molecule has 0 aliphatic carbocycles. The molecule has 2 aliphatic heterocycles. The smallest absolute Gasteiger partial charge is 0.263 e. The van der Waals surface area contributed by atoms with E-state index in [0.29, 0.717) is 44.3 Å².